The number of nitrogen functional groups attached to an aromatic ring is 1. The number of rotatable bonds is 4. The molecule has 1 atom stereocenters. The van der Waals surface area contributed by atoms with Crippen LogP contribution < -0.4 is 10.6 Å². The third kappa shape index (κ3) is 2.66. The highest BCUT2D eigenvalue weighted by Gasteiger charge is 2.38. The van der Waals surface area contributed by atoms with Gasteiger partial charge in [0.25, 0.3) is 0 Å². The molecule has 1 aliphatic rings. The number of carbonyl (C=O) groups is 1. The van der Waals surface area contributed by atoms with Gasteiger partial charge in [-0.3, -0.25) is 4.79 Å². The van der Waals surface area contributed by atoms with Gasteiger partial charge in [-0.15, -0.1) is 0 Å². The minimum atomic E-state index is -0.0891. The van der Waals surface area contributed by atoms with Gasteiger partial charge in [0.1, 0.15) is 0 Å². The van der Waals surface area contributed by atoms with E-state index in [0.717, 1.165) is 17.8 Å². The lowest BCUT2D eigenvalue weighted by Crippen LogP contribution is -2.54. The van der Waals surface area contributed by atoms with Gasteiger partial charge in [-0.25, -0.2) is 0 Å². The van der Waals surface area contributed by atoms with E-state index in [1.807, 2.05) is 18.2 Å². The second kappa shape index (κ2) is 5.44. The monoisotopic (exact) mass is 276 g/mol. The molecule has 2 rings (SSSR count). The highest BCUT2D eigenvalue weighted by Crippen LogP contribution is 2.40. The Hall–Kier alpha value is -1.55. The smallest absolute Gasteiger partial charge is 0.154 e. The van der Waals surface area contributed by atoms with E-state index in [-0.39, 0.29) is 24.3 Å². The van der Waals surface area contributed by atoms with E-state index in [2.05, 4.69) is 25.7 Å². The summed E-state index contributed by atoms with van der Waals surface area (Å²) in [7, 11) is 0. The van der Waals surface area contributed by atoms with Crippen LogP contribution in [0, 0.1) is 5.92 Å². The zero-order valence-electron chi connectivity index (χ0n) is 12.5. The van der Waals surface area contributed by atoms with E-state index in [9.17, 15) is 4.79 Å². The van der Waals surface area contributed by atoms with Gasteiger partial charge in [0.15, 0.2) is 5.78 Å². The van der Waals surface area contributed by atoms with Crippen LogP contribution in [0.5, 0.6) is 0 Å². The number of benzene rings is 1. The second-order valence-electron chi connectivity index (χ2n) is 6.25. The van der Waals surface area contributed by atoms with E-state index in [1.54, 1.807) is 0 Å². The predicted octanol–water partition coefficient (Wildman–Crippen LogP) is 2.00. The SMILES string of the molecule is CC1Cc2cc(N)ccc2N(CC(=O)CCO)C1(C)C. The molecular weight excluding hydrogens is 252 g/mol. The first-order chi connectivity index (χ1) is 9.36. The highest BCUT2D eigenvalue weighted by molar-refractivity contribution is 5.84. The van der Waals surface area contributed by atoms with Gasteiger partial charge in [0.2, 0.25) is 0 Å². The molecule has 20 heavy (non-hydrogen) atoms. The maximum Gasteiger partial charge on any atom is 0.154 e. The number of fused-ring (bicyclic) bond motifs is 1. The number of nitrogens with zero attached hydrogens (tertiary/aromatic N) is 1. The average Bonchev–Trinajstić information content (AvgIpc) is 2.35. The summed E-state index contributed by atoms with van der Waals surface area (Å²) >= 11 is 0. The molecule has 4 nitrogen and oxygen atoms in total. The molecular formula is C16H24N2O2. The van der Waals surface area contributed by atoms with Gasteiger partial charge < -0.3 is 15.7 Å². The van der Waals surface area contributed by atoms with Gasteiger partial charge in [-0.1, -0.05) is 6.92 Å². The van der Waals surface area contributed by atoms with Crippen LogP contribution in [0.3, 0.4) is 0 Å². The van der Waals surface area contributed by atoms with Crippen molar-refractivity contribution in [2.24, 2.45) is 5.92 Å². The van der Waals surface area contributed by atoms with E-state index < -0.39 is 0 Å². The Morgan fingerprint density at radius 1 is 1.50 bits per heavy atom. The molecule has 0 radical (unpaired) electrons. The molecule has 0 aromatic heterocycles. The van der Waals surface area contributed by atoms with Crippen molar-refractivity contribution in [3.05, 3.63) is 23.8 Å². The third-order valence-corrected chi connectivity index (χ3v) is 4.55. The second-order valence-corrected chi connectivity index (χ2v) is 6.25. The summed E-state index contributed by atoms with van der Waals surface area (Å²) in [5, 5.41) is 8.92. The summed E-state index contributed by atoms with van der Waals surface area (Å²) in [6, 6.07) is 5.89. The number of hydrogen-bond acceptors (Lipinski definition) is 4. The predicted molar refractivity (Wildman–Crippen MR) is 81.9 cm³/mol. The molecule has 1 unspecified atom stereocenters. The molecule has 0 saturated heterocycles. The molecule has 1 heterocycles. The van der Waals surface area contributed by atoms with Crippen molar-refractivity contribution in [2.75, 3.05) is 23.8 Å². The number of carbonyl (C=O) groups excluding carboxylic acids is 1. The molecule has 1 aromatic rings. The van der Waals surface area contributed by atoms with Crippen molar-refractivity contribution in [3.8, 4) is 0 Å². The van der Waals surface area contributed by atoms with Crippen molar-refractivity contribution in [3.63, 3.8) is 0 Å². The zero-order chi connectivity index (χ0) is 14.9. The lowest BCUT2D eigenvalue weighted by molar-refractivity contribution is -0.118. The van der Waals surface area contributed by atoms with Crippen molar-refractivity contribution in [1.29, 1.82) is 0 Å². The number of anilines is 2. The summed E-state index contributed by atoms with van der Waals surface area (Å²) in [4.78, 5) is 14.1. The van der Waals surface area contributed by atoms with Crippen LogP contribution in [0.4, 0.5) is 11.4 Å². The zero-order valence-corrected chi connectivity index (χ0v) is 12.5. The standard InChI is InChI=1S/C16H24N2O2/c1-11-8-12-9-13(17)4-5-15(12)18(16(11,2)3)10-14(20)6-7-19/h4-5,9,11,19H,6-8,10,17H2,1-3H3. The molecule has 0 bridgehead atoms. The molecule has 0 spiro atoms. The van der Waals surface area contributed by atoms with Crippen molar-refractivity contribution in [1.82, 2.24) is 0 Å². The molecule has 3 N–H and O–H groups in total. The van der Waals surface area contributed by atoms with Gasteiger partial charge in [-0.2, -0.15) is 0 Å². The maximum absolute atomic E-state index is 12.0. The van der Waals surface area contributed by atoms with Crippen LogP contribution >= 0.6 is 0 Å². The van der Waals surface area contributed by atoms with Crippen LogP contribution in [0.15, 0.2) is 18.2 Å². The maximum atomic E-state index is 12.0. The first kappa shape index (κ1) is 14.9. The number of aliphatic hydroxyl groups excluding tert-OH is 1. The van der Waals surface area contributed by atoms with E-state index in [0.29, 0.717) is 12.5 Å². The fourth-order valence-corrected chi connectivity index (χ4v) is 2.86. The van der Waals surface area contributed by atoms with Gasteiger partial charge in [-0.05, 0) is 49.9 Å². The Morgan fingerprint density at radius 3 is 2.85 bits per heavy atom. The van der Waals surface area contributed by atoms with E-state index >= 15 is 0 Å². The molecule has 1 aliphatic heterocycles. The summed E-state index contributed by atoms with van der Waals surface area (Å²) in [6.45, 7) is 6.80. The number of nitrogens with two attached hydrogens (primary N) is 1. The van der Waals surface area contributed by atoms with E-state index in [4.69, 9.17) is 10.8 Å². The topological polar surface area (TPSA) is 66.6 Å². The number of hydrogen-bond donors (Lipinski definition) is 2. The summed E-state index contributed by atoms with van der Waals surface area (Å²) in [5.41, 5.74) is 8.84. The normalized spacial score (nSPS) is 20.6. The lowest BCUT2D eigenvalue weighted by Gasteiger charge is -2.49. The molecule has 4 heteroatoms. The first-order valence-corrected chi connectivity index (χ1v) is 7.15. The van der Waals surface area contributed by atoms with Crippen LogP contribution in [0.25, 0.3) is 0 Å². The average molecular weight is 276 g/mol. The molecule has 0 amide bonds. The Kier molecular flexibility index (Phi) is 4.04. The minimum absolute atomic E-state index is 0.0671. The molecule has 1 aromatic carbocycles. The largest absolute Gasteiger partial charge is 0.399 e. The molecule has 0 fully saturated rings. The number of ketones is 1. The minimum Gasteiger partial charge on any atom is -0.399 e. The van der Waals surface area contributed by atoms with E-state index in [1.165, 1.54) is 5.56 Å². The Balaban J connectivity index is 2.38. The van der Waals surface area contributed by atoms with Crippen LogP contribution in [-0.2, 0) is 11.2 Å². The van der Waals surface area contributed by atoms with Crippen molar-refractivity contribution >= 4 is 17.2 Å². The Bertz CT molecular complexity index is 511. The molecule has 0 aliphatic carbocycles. The van der Waals surface area contributed by atoms with Crippen molar-refractivity contribution in [2.45, 2.75) is 39.2 Å². The van der Waals surface area contributed by atoms with Crippen LogP contribution in [0.1, 0.15) is 32.8 Å². The van der Waals surface area contributed by atoms with Gasteiger partial charge in [0, 0.05) is 23.3 Å². The first-order valence-electron chi connectivity index (χ1n) is 7.15. The fraction of sp³-hybridized carbons (Fsp3) is 0.562. The molecule has 0 saturated carbocycles. The van der Waals surface area contributed by atoms with Gasteiger partial charge in [0.05, 0.1) is 13.2 Å². The quantitative estimate of drug-likeness (QED) is 0.825. The van der Waals surface area contributed by atoms with Crippen molar-refractivity contribution < 1.29 is 9.90 Å². The van der Waals surface area contributed by atoms with Crippen LogP contribution in [0.2, 0.25) is 0 Å². The number of Topliss-reactive ketones (excluding diaryl/α,β-unsaturated/α-hetero) is 1. The third-order valence-electron chi connectivity index (χ3n) is 4.55. The summed E-state index contributed by atoms with van der Waals surface area (Å²) in [6.07, 6.45) is 1.18. The summed E-state index contributed by atoms with van der Waals surface area (Å²) in [5.74, 6) is 0.496. The summed E-state index contributed by atoms with van der Waals surface area (Å²) < 4.78 is 0. The fourth-order valence-electron chi connectivity index (χ4n) is 2.86. The number of aliphatic hydroxyl groups is 1. The van der Waals surface area contributed by atoms with Crippen LogP contribution in [-0.4, -0.2) is 29.6 Å². The highest BCUT2D eigenvalue weighted by atomic mass is 16.3. The Labute approximate surface area is 120 Å². The Morgan fingerprint density at radius 2 is 2.20 bits per heavy atom. The van der Waals surface area contributed by atoms with Gasteiger partial charge >= 0.3 is 0 Å². The molecule has 110 valence electrons. The lowest BCUT2D eigenvalue weighted by atomic mass is 9.78.